The molecule has 0 atom stereocenters. The van der Waals surface area contributed by atoms with Crippen molar-refractivity contribution in [2.45, 2.75) is 33.1 Å². The fraction of sp³-hybridized carbons (Fsp3) is 0.185. The van der Waals surface area contributed by atoms with Crippen molar-refractivity contribution >= 4 is 28.3 Å². The lowest BCUT2D eigenvalue weighted by atomic mass is 9.86. The van der Waals surface area contributed by atoms with E-state index in [1.165, 1.54) is 6.07 Å². The molecule has 0 aliphatic carbocycles. The molecule has 0 unspecified atom stereocenters. The molecule has 0 aliphatic rings. The Morgan fingerprint density at radius 2 is 1.56 bits per heavy atom. The summed E-state index contributed by atoms with van der Waals surface area (Å²) in [6, 6.07) is 18.7. The fourth-order valence-electron chi connectivity index (χ4n) is 3.50. The minimum absolute atomic E-state index is 0.0291. The van der Waals surface area contributed by atoms with Gasteiger partial charge in [-0.25, -0.2) is 4.39 Å². The average Bonchev–Trinajstić information content (AvgIpc) is 3.13. The zero-order valence-electron chi connectivity index (χ0n) is 18.5. The Morgan fingerprint density at radius 3 is 2.22 bits per heavy atom. The topological polar surface area (TPSA) is 59.3 Å². The van der Waals surface area contributed by atoms with Crippen molar-refractivity contribution < 1.29 is 18.4 Å². The molecule has 4 nitrogen and oxygen atoms in total. The van der Waals surface area contributed by atoms with Gasteiger partial charge in [-0.1, -0.05) is 57.2 Å². The van der Waals surface area contributed by atoms with Crippen LogP contribution >= 0.6 is 0 Å². The van der Waals surface area contributed by atoms with Gasteiger partial charge in [0.25, 0.3) is 5.91 Å². The first-order valence-electron chi connectivity index (χ1n) is 10.4. The maximum atomic E-state index is 14.1. The lowest BCUT2D eigenvalue weighted by Crippen LogP contribution is -2.15. The number of rotatable bonds is 4. The highest BCUT2D eigenvalue weighted by Gasteiger charge is 2.24. The number of amides is 1. The molecule has 0 fully saturated rings. The molecule has 1 aromatic heterocycles. The molecular formula is C27H24FNO3. The minimum atomic E-state index is -0.501. The highest BCUT2D eigenvalue weighted by Crippen LogP contribution is 2.33. The number of anilines is 1. The van der Waals surface area contributed by atoms with Gasteiger partial charge in [-0.05, 0) is 53.8 Å². The Bertz CT molecular complexity index is 1330. The molecule has 1 heterocycles. The number of carbonyl (C=O) groups excluding carboxylic acids is 2. The van der Waals surface area contributed by atoms with Gasteiger partial charge < -0.3 is 9.73 Å². The standard InChI is InChI=1S/C27H24FNO3/c1-16-9-10-18(15-21(16)28)24(30)25-23(20-7-5-6-8-22(20)32-25)29-26(31)17-11-13-19(14-12-17)27(2,3)4/h5-15H,1-4H3,(H,29,31). The van der Waals surface area contributed by atoms with Crippen LogP contribution in [0.2, 0.25) is 0 Å². The summed E-state index contributed by atoms with van der Waals surface area (Å²) >= 11 is 0. The quantitative estimate of drug-likeness (QED) is 0.369. The van der Waals surface area contributed by atoms with Crippen molar-refractivity contribution in [2.24, 2.45) is 0 Å². The summed E-state index contributed by atoms with van der Waals surface area (Å²) in [5.41, 5.74) is 2.87. The monoisotopic (exact) mass is 429 g/mol. The number of nitrogens with one attached hydrogen (secondary N) is 1. The second-order valence-electron chi connectivity index (χ2n) is 8.88. The van der Waals surface area contributed by atoms with Gasteiger partial charge in [0.2, 0.25) is 5.78 Å². The Kier molecular flexibility index (Phi) is 5.43. The van der Waals surface area contributed by atoms with Gasteiger partial charge >= 0.3 is 0 Å². The van der Waals surface area contributed by atoms with E-state index in [9.17, 15) is 14.0 Å². The third kappa shape index (κ3) is 4.06. The van der Waals surface area contributed by atoms with Crippen molar-refractivity contribution in [1.29, 1.82) is 0 Å². The predicted molar refractivity (Wildman–Crippen MR) is 124 cm³/mol. The number of halogens is 1. The van der Waals surface area contributed by atoms with E-state index in [4.69, 9.17) is 4.42 Å². The molecule has 32 heavy (non-hydrogen) atoms. The lowest BCUT2D eigenvalue weighted by Gasteiger charge is -2.19. The number of ketones is 1. The van der Waals surface area contributed by atoms with Crippen LogP contribution in [-0.4, -0.2) is 11.7 Å². The van der Waals surface area contributed by atoms with Gasteiger partial charge in [0.15, 0.2) is 5.76 Å². The van der Waals surface area contributed by atoms with Gasteiger partial charge in [0.05, 0.1) is 5.69 Å². The summed E-state index contributed by atoms with van der Waals surface area (Å²) < 4.78 is 19.9. The number of hydrogen-bond donors (Lipinski definition) is 1. The molecule has 3 aromatic carbocycles. The molecule has 4 aromatic rings. The molecular weight excluding hydrogens is 405 g/mol. The largest absolute Gasteiger partial charge is 0.450 e. The van der Waals surface area contributed by atoms with E-state index in [2.05, 4.69) is 26.1 Å². The molecule has 0 aliphatic heterocycles. The second kappa shape index (κ2) is 8.08. The fourth-order valence-corrected chi connectivity index (χ4v) is 3.50. The van der Waals surface area contributed by atoms with Crippen LogP contribution in [0, 0.1) is 12.7 Å². The number of furan rings is 1. The summed E-state index contributed by atoms with van der Waals surface area (Å²) in [5.74, 6) is -1.37. The Balaban J connectivity index is 1.72. The molecule has 5 heteroatoms. The van der Waals surface area contributed by atoms with E-state index in [0.29, 0.717) is 22.1 Å². The van der Waals surface area contributed by atoms with Crippen LogP contribution in [0.4, 0.5) is 10.1 Å². The third-order valence-electron chi connectivity index (χ3n) is 5.49. The normalized spacial score (nSPS) is 11.5. The van der Waals surface area contributed by atoms with Crippen LogP contribution in [0.5, 0.6) is 0 Å². The highest BCUT2D eigenvalue weighted by atomic mass is 19.1. The molecule has 0 saturated heterocycles. The number of fused-ring (bicyclic) bond motifs is 1. The Morgan fingerprint density at radius 1 is 0.906 bits per heavy atom. The van der Waals surface area contributed by atoms with Crippen LogP contribution in [0.3, 0.4) is 0 Å². The zero-order valence-corrected chi connectivity index (χ0v) is 18.5. The van der Waals surface area contributed by atoms with Gasteiger partial charge in [-0.3, -0.25) is 9.59 Å². The van der Waals surface area contributed by atoms with Crippen molar-refractivity contribution in [3.8, 4) is 0 Å². The van der Waals surface area contributed by atoms with E-state index in [1.807, 2.05) is 12.1 Å². The minimum Gasteiger partial charge on any atom is -0.450 e. The number of benzene rings is 3. The van der Waals surface area contributed by atoms with E-state index in [-0.39, 0.29) is 28.3 Å². The summed E-state index contributed by atoms with van der Waals surface area (Å²) in [6.45, 7) is 7.93. The maximum Gasteiger partial charge on any atom is 0.255 e. The van der Waals surface area contributed by atoms with E-state index in [0.717, 1.165) is 5.56 Å². The Labute approximate surface area is 186 Å². The number of aryl methyl sites for hydroxylation is 1. The molecule has 162 valence electrons. The van der Waals surface area contributed by atoms with Gasteiger partial charge in [-0.2, -0.15) is 0 Å². The molecule has 1 N–H and O–H groups in total. The van der Waals surface area contributed by atoms with Crippen LogP contribution in [0.15, 0.2) is 71.1 Å². The SMILES string of the molecule is Cc1ccc(C(=O)c2oc3ccccc3c2NC(=O)c2ccc(C(C)(C)C)cc2)cc1F. The third-order valence-corrected chi connectivity index (χ3v) is 5.49. The van der Waals surface area contributed by atoms with Crippen LogP contribution < -0.4 is 5.32 Å². The van der Waals surface area contributed by atoms with E-state index < -0.39 is 11.6 Å². The van der Waals surface area contributed by atoms with Crippen LogP contribution in [-0.2, 0) is 5.41 Å². The molecule has 0 bridgehead atoms. The van der Waals surface area contributed by atoms with Crippen LogP contribution in [0.25, 0.3) is 11.0 Å². The maximum absolute atomic E-state index is 14.1. The van der Waals surface area contributed by atoms with Crippen LogP contribution in [0.1, 0.15) is 58.4 Å². The molecule has 0 radical (unpaired) electrons. The molecule has 0 saturated carbocycles. The lowest BCUT2D eigenvalue weighted by molar-refractivity contribution is 0.101. The molecule has 1 amide bonds. The van der Waals surface area contributed by atoms with Gasteiger partial charge in [0, 0.05) is 16.5 Å². The summed E-state index contributed by atoms with van der Waals surface area (Å²) in [6.07, 6.45) is 0. The van der Waals surface area contributed by atoms with Crippen molar-refractivity contribution in [2.75, 3.05) is 5.32 Å². The number of hydrogen-bond acceptors (Lipinski definition) is 3. The molecule has 4 rings (SSSR count). The van der Waals surface area contributed by atoms with Gasteiger partial charge in [0.1, 0.15) is 11.4 Å². The van der Waals surface area contributed by atoms with Crippen molar-refractivity contribution in [3.05, 3.63) is 101 Å². The summed E-state index contributed by atoms with van der Waals surface area (Å²) in [4.78, 5) is 26.2. The van der Waals surface area contributed by atoms with Crippen molar-refractivity contribution in [3.63, 3.8) is 0 Å². The van der Waals surface area contributed by atoms with Gasteiger partial charge in [-0.15, -0.1) is 0 Å². The highest BCUT2D eigenvalue weighted by molar-refractivity contribution is 6.18. The summed E-state index contributed by atoms with van der Waals surface area (Å²) in [7, 11) is 0. The zero-order chi connectivity index (χ0) is 23.0. The smallest absolute Gasteiger partial charge is 0.255 e. The van der Waals surface area contributed by atoms with E-state index >= 15 is 0 Å². The number of para-hydroxylation sites is 1. The predicted octanol–water partition coefficient (Wildman–Crippen LogP) is 6.66. The molecule has 0 spiro atoms. The average molecular weight is 429 g/mol. The van der Waals surface area contributed by atoms with E-state index in [1.54, 1.807) is 55.5 Å². The first-order valence-corrected chi connectivity index (χ1v) is 10.4. The number of carbonyl (C=O) groups is 2. The second-order valence-corrected chi connectivity index (χ2v) is 8.88. The van der Waals surface area contributed by atoms with Crippen molar-refractivity contribution in [1.82, 2.24) is 0 Å². The summed E-state index contributed by atoms with van der Waals surface area (Å²) in [5, 5.41) is 3.44. The first kappa shape index (κ1) is 21.5. The Hall–Kier alpha value is -3.73. The first-order chi connectivity index (χ1) is 15.1.